The second kappa shape index (κ2) is 10.3. The number of hydrogen-bond donors (Lipinski definition) is 0. The molecule has 6 rings (SSSR count). The number of anilines is 1. The second-order valence-electron chi connectivity index (χ2n) is 9.56. The molecule has 5 aromatic rings. The number of nitrogens with zero attached hydrogens (tertiary/aromatic N) is 3. The Hall–Kier alpha value is -3.83. The van der Waals surface area contributed by atoms with Crippen molar-refractivity contribution in [1.82, 2.24) is 9.55 Å². The van der Waals surface area contributed by atoms with Crippen LogP contribution in [0.15, 0.2) is 91.0 Å². The molecule has 0 aliphatic carbocycles. The van der Waals surface area contributed by atoms with E-state index in [2.05, 4.69) is 34.9 Å². The molecule has 37 heavy (non-hydrogen) atoms. The summed E-state index contributed by atoms with van der Waals surface area (Å²) >= 11 is 6.19. The van der Waals surface area contributed by atoms with E-state index in [-0.39, 0.29) is 11.8 Å². The first-order chi connectivity index (χ1) is 18.2. The van der Waals surface area contributed by atoms with Crippen molar-refractivity contribution in [3.05, 3.63) is 102 Å². The van der Waals surface area contributed by atoms with Gasteiger partial charge in [-0.25, -0.2) is 4.98 Å². The van der Waals surface area contributed by atoms with E-state index in [1.807, 2.05) is 65.6 Å². The van der Waals surface area contributed by atoms with Gasteiger partial charge in [0.1, 0.15) is 11.6 Å². The van der Waals surface area contributed by atoms with Crippen molar-refractivity contribution >= 4 is 45.0 Å². The minimum absolute atomic E-state index is 0.0349. The van der Waals surface area contributed by atoms with Crippen LogP contribution in [0.4, 0.5) is 5.69 Å². The van der Waals surface area contributed by atoms with Gasteiger partial charge in [-0.3, -0.25) is 4.79 Å². The minimum Gasteiger partial charge on any atom is -0.494 e. The maximum absolute atomic E-state index is 12.9. The van der Waals surface area contributed by atoms with Crippen molar-refractivity contribution in [3.8, 4) is 5.75 Å². The van der Waals surface area contributed by atoms with Crippen LogP contribution in [0.5, 0.6) is 5.75 Å². The Balaban J connectivity index is 1.14. The van der Waals surface area contributed by atoms with Crippen LogP contribution in [-0.2, 0) is 11.3 Å². The minimum atomic E-state index is 0.0349. The SMILES string of the molecule is O=C1CC(c2nc3ccccc3n2CCCCOc2ccc3ccccc3c2)CN1c1cccc(Cl)c1. The van der Waals surface area contributed by atoms with Gasteiger partial charge in [-0.1, -0.05) is 60.1 Å². The number of fused-ring (bicyclic) bond motifs is 2. The molecule has 0 spiro atoms. The Bertz CT molecular complexity index is 1580. The predicted molar refractivity (Wildman–Crippen MR) is 150 cm³/mol. The number of carbonyl (C=O) groups excluding carboxylic acids is 1. The van der Waals surface area contributed by atoms with E-state index in [1.165, 1.54) is 10.8 Å². The molecule has 1 atom stereocenters. The lowest BCUT2D eigenvalue weighted by molar-refractivity contribution is -0.117. The highest BCUT2D eigenvalue weighted by molar-refractivity contribution is 6.30. The monoisotopic (exact) mass is 509 g/mol. The maximum atomic E-state index is 12.9. The van der Waals surface area contributed by atoms with Crippen molar-refractivity contribution in [3.63, 3.8) is 0 Å². The zero-order valence-corrected chi connectivity index (χ0v) is 21.3. The van der Waals surface area contributed by atoms with Crippen LogP contribution in [0.2, 0.25) is 5.02 Å². The van der Waals surface area contributed by atoms with E-state index in [9.17, 15) is 4.79 Å². The van der Waals surface area contributed by atoms with E-state index in [4.69, 9.17) is 21.3 Å². The fourth-order valence-corrected chi connectivity index (χ4v) is 5.42. The Labute approximate surface area is 221 Å². The third-order valence-corrected chi connectivity index (χ3v) is 7.29. The summed E-state index contributed by atoms with van der Waals surface area (Å²) in [4.78, 5) is 19.7. The second-order valence-corrected chi connectivity index (χ2v) is 10.00. The highest BCUT2D eigenvalue weighted by Crippen LogP contribution is 2.34. The number of para-hydroxylation sites is 2. The van der Waals surface area contributed by atoms with Gasteiger partial charge in [-0.15, -0.1) is 0 Å². The number of unbranched alkanes of at least 4 members (excludes halogenated alkanes) is 1. The lowest BCUT2D eigenvalue weighted by Gasteiger charge is -2.18. The molecule has 1 aliphatic rings. The molecule has 1 saturated heterocycles. The summed E-state index contributed by atoms with van der Waals surface area (Å²) in [7, 11) is 0. The number of aromatic nitrogens is 2. The van der Waals surface area contributed by atoms with Crippen molar-refractivity contribution in [2.24, 2.45) is 0 Å². The number of imidazole rings is 1. The van der Waals surface area contributed by atoms with Crippen LogP contribution in [0.3, 0.4) is 0 Å². The highest BCUT2D eigenvalue weighted by Gasteiger charge is 2.34. The first-order valence-corrected chi connectivity index (χ1v) is 13.2. The normalized spacial score (nSPS) is 15.6. The van der Waals surface area contributed by atoms with Crippen molar-refractivity contribution in [2.45, 2.75) is 31.7 Å². The standard InChI is InChI=1S/C31H28ClN3O2/c32-25-10-7-11-26(20-25)35-21-24(19-30(35)36)31-33-28-12-3-4-13-29(28)34(31)16-5-6-17-37-27-15-14-22-8-1-2-9-23(22)18-27/h1-4,7-15,18,20,24H,5-6,16-17,19,21H2. The third kappa shape index (κ3) is 4.92. The van der Waals surface area contributed by atoms with Crippen LogP contribution in [0, 0.1) is 0 Å². The fourth-order valence-electron chi connectivity index (χ4n) is 5.23. The van der Waals surface area contributed by atoms with Gasteiger partial charge >= 0.3 is 0 Å². The largest absolute Gasteiger partial charge is 0.494 e. The van der Waals surface area contributed by atoms with Gasteiger partial charge in [-0.2, -0.15) is 0 Å². The molecule has 2 heterocycles. The molecule has 186 valence electrons. The maximum Gasteiger partial charge on any atom is 0.227 e. The summed E-state index contributed by atoms with van der Waals surface area (Å²) in [6, 6.07) is 30.3. The van der Waals surface area contributed by atoms with Crippen molar-refractivity contribution < 1.29 is 9.53 Å². The Morgan fingerprint density at radius 1 is 0.892 bits per heavy atom. The summed E-state index contributed by atoms with van der Waals surface area (Å²) in [6.07, 6.45) is 2.33. The summed E-state index contributed by atoms with van der Waals surface area (Å²) in [5.41, 5.74) is 2.92. The Kier molecular flexibility index (Phi) is 6.54. The van der Waals surface area contributed by atoms with Gasteiger partial charge in [0.2, 0.25) is 5.91 Å². The highest BCUT2D eigenvalue weighted by atomic mass is 35.5. The molecule has 6 heteroatoms. The van der Waals surface area contributed by atoms with Gasteiger partial charge in [-0.05, 0) is 66.1 Å². The van der Waals surface area contributed by atoms with Crippen LogP contribution < -0.4 is 9.64 Å². The topological polar surface area (TPSA) is 47.4 Å². The molecule has 4 aromatic carbocycles. The number of amides is 1. The first kappa shape index (κ1) is 23.6. The molecule has 1 aromatic heterocycles. The zero-order valence-electron chi connectivity index (χ0n) is 20.5. The average molecular weight is 510 g/mol. The van der Waals surface area contributed by atoms with Gasteiger partial charge < -0.3 is 14.2 Å². The molecular weight excluding hydrogens is 482 g/mol. The number of carbonyl (C=O) groups is 1. The number of hydrogen-bond acceptors (Lipinski definition) is 3. The molecule has 1 aliphatic heterocycles. The van der Waals surface area contributed by atoms with Crippen LogP contribution in [-0.4, -0.2) is 28.6 Å². The van der Waals surface area contributed by atoms with E-state index < -0.39 is 0 Å². The van der Waals surface area contributed by atoms with Gasteiger partial charge in [0, 0.05) is 36.1 Å². The lowest BCUT2D eigenvalue weighted by atomic mass is 10.1. The fraction of sp³-hybridized carbons (Fsp3) is 0.226. The van der Waals surface area contributed by atoms with Gasteiger partial charge in [0.25, 0.3) is 0 Å². The number of ether oxygens (including phenoxy) is 1. The average Bonchev–Trinajstić information content (AvgIpc) is 3.49. The molecular formula is C31H28ClN3O2. The molecule has 1 fully saturated rings. The van der Waals surface area contributed by atoms with Crippen LogP contribution in [0.25, 0.3) is 21.8 Å². The number of aryl methyl sites for hydroxylation is 1. The zero-order chi connectivity index (χ0) is 25.2. The summed E-state index contributed by atoms with van der Waals surface area (Å²) in [6.45, 7) is 2.09. The quantitative estimate of drug-likeness (QED) is 0.207. The molecule has 0 bridgehead atoms. The number of halogens is 1. The number of benzene rings is 4. The molecule has 0 saturated carbocycles. The van der Waals surface area contributed by atoms with Crippen LogP contribution in [0.1, 0.15) is 31.0 Å². The van der Waals surface area contributed by atoms with E-state index in [0.717, 1.165) is 47.7 Å². The Morgan fingerprint density at radius 2 is 1.73 bits per heavy atom. The first-order valence-electron chi connectivity index (χ1n) is 12.8. The van der Waals surface area contributed by atoms with Gasteiger partial charge in [0.15, 0.2) is 0 Å². The van der Waals surface area contributed by atoms with Crippen LogP contribution >= 0.6 is 11.6 Å². The lowest BCUT2D eigenvalue weighted by Crippen LogP contribution is -2.24. The third-order valence-electron chi connectivity index (χ3n) is 7.06. The summed E-state index contributed by atoms with van der Waals surface area (Å²) < 4.78 is 8.35. The summed E-state index contributed by atoms with van der Waals surface area (Å²) in [5, 5.41) is 3.04. The number of rotatable bonds is 8. The smallest absolute Gasteiger partial charge is 0.227 e. The Morgan fingerprint density at radius 3 is 2.62 bits per heavy atom. The van der Waals surface area contributed by atoms with E-state index in [1.54, 1.807) is 0 Å². The molecule has 5 nitrogen and oxygen atoms in total. The van der Waals surface area contributed by atoms with Gasteiger partial charge in [0.05, 0.1) is 17.6 Å². The van der Waals surface area contributed by atoms with E-state index >= 15 is 0 Å². The van der Waals surface area contributed by atoms with E-state index in [0.29, 0.717) is 24.6 Å². The summed E-state index contributed by atoms with van der Waals surface area (Å²) in [5.74, 6) is 2.02. The van der Waals surface area contributed by atoms with Crippen molar-refractivity contribution in [1.29, 1.82) is 0 Å². The predicted octanol–water partition coefficient (Wildman–Crippen LogP) is 7.22. The van der Waals surface area contributed by atoms with Crippen molar-refractivity contribution in [2.75, 3.05) is 18.1 Å². The molecule has 1 amide bonds. The molecule has 0 radical (unpaired) electrons. The molecule has 1 unspecified atom stereocenters. The molecule has 0 N–H and O–H groups in total.